The second kappa shape index (κ2) is 12.3. The topological polar surface area (TPSA) is 60.0 Å². The number of hydrogen-bond acceptors (Lipinski definition) is 3. The van der Waals surface area contributed by atoms with Gasteiger partial charge >= 0.3 is 0 Å². The zero-order valence-corrected chi connectivity index (χ0v) is 17.0. The summed E-state index contributed by atoms with van der Waals surface area (Å²) in [6, 6.07) is 7.80. The van der Waals surface area contributed by atoms with Crippen molar-refractivity contribution in [2.24, 2.45) is 4.99 Å². The highest BCUT2D eigenvalue weighted by molar-refractivity contribution is 5.94. The summed E-state index contributed by atoms with van der Waals surface area (Å²) < 4.78 is 0. The van der Waals surface area contributed by atoms with Gasteiger partial charge in [0.05, 0.1) is 0 Å². The molecule has 26 heavy (non-hydrogen) atoms. The Bertz CT molecular complexity index is 571. The average Bonchev–Trinajstić information content (AvgIpc) is 2.64. The number of carbonyl (C=O) groups excluding carboxylic acids is 1. The van der Waals surface area contributed by atoms with Crippen molar-refractivity contribution in [2.45, 2.75) is 26.2 Å². The molecule has 0 spiro atoms. The van der Waals surface area contributed by atoms with Gasteiger partial charge in [-0.15, -0.1) is 0 Å². The summed E-state index contributed by atoms with van der Waals surface area (Å²) in [5.74, 6) is 0.846. The molecule has 0 heterocycles. The fourth-order valence-electron chi connectivity index (χ4n) is 2.57. The molecule has 2 N–H and O–H groups in total. The van der Waals surface area contributed by atoms with Crippen molar-refractivity contribution in [3.05, 3.63) is 35.4 Å². The Labute approximate surface area is 158 Å². The maximum absolute atomic E-state index is 12.0. The SMILES string of the molecule is CCCCN(C)CCNC(=NC)NCCc1cccc(C(=O)N(C)C)c1. The van der Waals surface area contributed by atoms with Crippen molar-refractivity contribution in [1.29, 1.82) is 0 Å². The van der Waals surface area contributed by atoms with Gasteiger partial charge in [-0.3, -0.25) is 9.79 Å². The summed E-state index contributed by atoms with van der Waals surface area (Å²) in [6.07, 6.45) is 3.30. The molecular formula is C20H35N5O. The minimum Gasteiger partial charge on any atom is -0.356 e. The van der Waals surface area contributed by atoms with Crippen LogP contribution < -0.4 is 10.6 Å². The zero-order chi connectivity index (χ0) is 19.4. The molecule has 0 unspecified atom stereocenters. The second-order valence-corrected chi connectivity index (χ2v) is 6.73. The van der Waals surface area contributed by atoms with Gasteiger partial charge in [-0.1, -0.05) is 25.5 Å². The van der Waals surface area contributed by atoms with Crippen LogP contribution in [0, 0.1) is 0 Å². The standard InChI is InChI=1S/C20H35N5O/c1-6-7-14-25(5)15-13-23-20(21-2)22-12-11-17-9-8-10-18(16-17)19(26)24(3)4/h8-10,16H,6-7,11-15H2,1-5H3,(H2,21,22,23). The average molecular weight is 362 g/mol. The molecule has 0 fully saturated rings. The van der Waals surface area contributed by atoms with Gasteiger partial charge in [0.1, 0.15) is 0 Å². The highest BCUT2D eigenvalue weighted by Crippen LogP contribution is 2.07. The number of unbranched alkanes of at least 4 members (excludes halogenated alkanes) is 1. The van der Waals surface area contributed by atoms with Crippen molar-refractivity contribution in [3.63, 3.8) is 0 Å². The largest absolute Gasteiger partial charge is 0.356 e. The van der Waals surface area contributed by atoms with Gasteiger partial charge in [0.2, 0.25) is 0 Å². The van der Waals surface area contributed by atoms with Crippen molar-refractivity contribution in [1.82, 2.24) is 20.4 Å². The highest BCUT2D eigenvalue weighted by atomic mass is 16.2. The first-order valence-corrected chi connectivity index (χ1v) is 9.41. The first-order chi connectivity index (χ1) is 12.5. The van der Waals surface area contributed by atoms with E-state index in [9.17, 15) is 4.79 Å². The molecule has 1 rings (SSSR count). The molecule has 0 aliphatic heterocycles. The molecule has 1 aromatic rings. The number of nitrogens with one attached hydrogen (secondary N) is 2. The molecule has 0 saturated heterocycles. The van der Waals surface area contributed by atoms with Gasteiger partial charge in [0.15, 0.2) is 5.96 Å². The van der Waals surface area contributed by atoms with Crippen molar-refractivity contribution < 1.29 is 4.79 Å². The first kappa shape index (κ1) is 22.0. The van der Waals surface area contributed by atoms with E-state index in [-0.39, 0.29) is 5.91 Å². The van der Waals surface area contributed by atoms with E-state index in [2.05, 4.69) is 34.5 Å². The quantitative estimate of drug-likeness (QED) is 0.493. The summed E-state index contributed by atoms with van der Waals surface area (Å²) in [4.78, 5) is 20.2. The van der Waals surface area contributed by atoms with E-state index in [4.69, 9.17) is 0 Å². The monoisotopic (exact) mass is 361 g/mol. The molecule has 0 atom stereocenters. The lowest BCUT2D eigenvalue weighted by Crippen LogP contribution is -2.41. The fraction of sp³-hybridized carbons (Fsp3) is 0.600. The number of guanidine groups is 1. The van der Waals surface area contributed by atoms with E-state index in [1.807, 2.05) is 24.3 Å². The highest BCUT2D eigenvalue weighted by Gasteiger charge is 2.08. The molecule has 1 amide bonds. The number of amides is 1. The molecular weight excluding hydrogens is 326 g/mol. The van der Waals surface area contributed by atoms with Crippen LogP contribution in [-0.2, 0) is 6.42 Å². The molecule has 146 valence electrons. The number of likely N-dealkylation sites (N-methyl/N-ethyl adjacent to an activating group) is 1. The van der Waals surface area contributed by atoms with Crippen LogP contribution in [0.2, 0.25) is 0 Å². The molecule has 0 aliphatic carbocycles. The maximum atomic E-state index is 12.0. The van der Waals surface area contributed by atoms with Crippen LogP contribution in [0.3, 0.4) is 0 Å². The Balaban J connectivity index is 2.36. The third-order valence-electron chi connectivity index (χ3n) is 4.19. The van der Waals surface area contributed by atoms with E-state index >= 15 is 0 Å². The van der Waals surface area contributed by atoms with E-state index in [0.29, 0.717) is 0 Å². The third-order valence-corrected chi connectivity index (χ3v) is 4.19. The van der Waals surface area contributed by atoms with Crippen LogP contribution in [0.4, 0.5) is 0 Å². The molecule has 0 aliphatic rings. The van der Waals surface area contributed by atoms with E-state index in [0.717, 1.165) is 49.7 Å². The van der Waals surface area contributed by atoms with Crippen molar-refractivity contribution in [3.8, 4) is 0 Å². The summed E-state index contributed by atoms with van der Waals surface area (Å²) in [6.45, 7) is 5.98. The number of hydrogen-bond donors (Lipinski definition) is 2. The molecule has 0 aromatic heterocycles. The predicted molar refractivity (Wildman–Crippen MR) is 110 cm³/mol. The number of benzene rings is 1. The molecule has 1 aromatic carbocycles. The predicted octanol–water partition coefficient (Wildman–Crippen LogP) is 1.83. The van der Waals surface area contributed by atoms with Crippen LogP contribution in [-0.4, -0.2) is 76.0 Å². The van der Waals surface area contributed by atoms with Crippen LogP contribution in [0.15, 0.2) is 29.3 Å². The molecule has 6 heteroatoms. The normalized spacial score (nSPS) is 11.5. The lowest BCUT2D eigenvalue weighted by molar-refractivity contribution is 0.0827. The molecule has 0 radical (unpaired) electrons. The smallest absolute Gasteiger partial charge is 0.253 e. The van der Waals surface area contributed by atoms with Crippen LogP contribution >= 0.6 is 0 Å². The number of carbonyl (C=O) groups is 1. The fourth-order valence-corrected chi connectivity index (χ4v) is 2.57. The van der Waals surface area contributed by atoms with Crippen LogP contribution in [0.25, 0.3) is 0 Å². The number of aliphatic imine (C=N–C) groups is 1. The van der Waals surface area contributed by atoms with Gasteiger partial charge in [0.25, 0.3) is 5.91 Å². The summed E-state index contributed by atoms with van der Waals surface area (Å²) in [5, 5.41) is 6.68. The van der Waals surface area contributed by atoms with Gasteiger partial charge in [0, 0.05) is 46.3 Å². The Kier molecular flexibility index (Phi) is 10.4. The minimum atomic E-state index is 0.0319. The third kappa shape index (κ3) is 8.34. The Morgan fingerprint density at radius 1 is 1.12 bits per heavy atom. The summed E-state index contributed by atoms with van der Waals surface area (Å²) in [5.41, 5.74) is 1.87. The Morgan fingerprint density at radius 3 is 2.50 bits per heavy atom. The van der Waals surface area contributed by atoms with Gasteiger partial charge in [-0.25, -0.2) is 0 Å². The van der Waals surface area contributed by atoms with Gasteiger partial charge in [-0.05, 0) is 44.1 Å². The van der Waals surface area contributed by atoms with E-state index < -0.39 is 0 Å². The maximum Gasteiger partial charge on any atom is 0.253 e. The minimum absolute atomic E-state index is 0.0319. The van der Waals surface area contributed by atoms with Crippen molar-refractivity contribution >= 4 is 11.9 Å². The zero-order valence-electron chi connectivity index (χ0n) is 17.0. The van der Waals surface area contributed by atoms with Crippen molar-refractivity contribution in [2.75, 3.05) is 54.4 Å². The van der Waals surface area contributed by atoms with E-state index in [1.165, 1.54) is 12.8 Å². The van der Waals surface area contributed by atoms with Crippen LogP contribution in [0.5, 0.6) is 0 Å². The van der Waals surface area contributed by atoms with Gasteiger partial charge in [-0.2, -0.15) is 0 Å². The lowest BCUT2D eigenvalue weighted by Gasteiger charge is -2.18. The molecule has 0 saturated carbocycles. The van der Waals surface area contributed by atoms with E-state index in [1.54, 1.807) is 26.0 Å². The Hall–Kier alpha value is -2.08. The molecule has 0 bridgehead atoms. The summed E-state index contributed by atoms with van der Waals surface area (Å²) >= 11 is 0. The Morgan fingerprint density at radius 2 is 1.85 bits per heavy atom. The van der Waals surface area contributed by atoms with Crippen LogP contribution in [0.1, 0.15) is 35.7 Å². The van der Waals surface area contributed by atoms with Gasteiger partial charge < -0.3 is 20.4 Å². The first-order valence-electron chi connectivity index (χ1n) is 9.41. The number of rotatable bonds is 10. The lowest BCUT2D eigenvalue weighted by atomic mass is 10.1. The second-order valence-electron chi connectivity index (χ2n) is 6.73. The number of nitrogens with zero attached hydrogens (tertiary/aromatic N) is 3. The summed E-state index contributed by atoms with van der Waals surface area (Å²) in [7, 11) is 7.47. The molecule has 6 nitrogen and oxygen atoms in total.